The number of carbonyl (C=O) groups excluding carboxylic acids is 2. The van der Waals surface area contributed by atoms with Crippen LogP contribution in [0, 0.1) is 0 Å². The molecular formula is C26H29N5O4. The van der Waals surface area contributed by atoms with Gasteiger partial charge in [0.15, 0.2) is 5.69 Å². The van der Waals surface area contributed by atoms with Crippen molar-refractivity contribution in [3.05, 3.63) is 71.0 Å². The molecule has 0 bridgehead atoms. The minimum atomic E-state index is -0.650. The van der Waals surface area contributed by atoms with E-state index in [1.54, 1.807) is 36.3 Å². The molecule has 9 heteroatoms. The number of fused-ring (bicyclic) bond motifs is 1. The zero-order valence-electron chi connectivity index (χ0n) is 19.7. The van der Waals surface area contributed by atoms with Crippen LogP contribution in [0.2, 0.25) is 0 Å². The number of hydrogen-bond donors (Lipinski definition) is 3. The number of hydrogen-bond acceptors (Lipinski definition) is 6. The fraction of sp³-hybridized carbons (Fsp3) is 0.346. The fourth-order valence-electron chi connectivity index (χ4n) is 4.77. The topological polar surface area (TPSA) is 123 Å². The van der Waals surface area contributed by atoms with Gasteiger partial charge in [0.1, 0.15) is 11.4 Å². The summed E-state index contributed by atoms with van der Waals surface area (Å²) >= 11 is 0. The van der Waals surface area contributed by atoms with Gasteiger partial charge in [-0.2, -0.15) is 5.10 Å². The summed E-state index contributed by atoms with van der Waals surface area (Å²) in [4.78, 5) is 27.5. The second-order valence-corrected chi connectivity index (χ2v) is 8.99. The van der Waals surface area contributed by atoms with E-state index in [0.717, 1.165) is 31.5 Å². The Bertz CT molecular complexity index is 1250. The molecule has 1 aromatic heterocycles. The largest absolute Gasteiger partial charge is 0.497 e. The average Bonchev–Trinajstić information content (AvgIpc) is 3.56. The highest BCUT2D eigenvalue weighted by atomic mass is 16.5. The first kappa shape index (κ1) is 23.1. The lowest BCUT2D eigenvalue weighted by molar-refractivity contribution is 0.0972. The number of primary amides is 1. The Morgan fingerprint density at radius 2 is 1.83 bits per heavy atom. The van der Waals surface area contributed by atoms with Gasteiger partial charge < -0.3 is 25.8 Å². The molecule has 0 spiro atoms. The molecule has 4 N–H and O–H groups in total. The number of methoxy groups -OCH3 is 1. The Balaban J connectivity index is 1.45. The number of ether oxygens (including phenoxy) is 1. The van der Waals surface area contributed by atoms with E-state index in [0.29, 0.717) is 35.7 Å². The molecule has 1 aliphatic carbocycles. The van der Waals surface area contributed by atoms with E-state index in [4.69, 9.17) is 15.6 Å². The SMILES string of the molecule is COc1ccc(-n2nc(C(N)=O)c3c2C(=O)N(c2ccc(C4(NCCCO)CC4)cc2)CC3)cc1. The van der Waals surface area contributed by atoms with Gasteiger partial charge in [-0.1, -0.05) is 12.1 Å². The number of benzene rings is 2. The maximum atomic E-state index is 13.7. The summed E-state index contributed by atoms with van der Waals surface area (Å²) in [5.74, 6) is -0.197. The summed E-state index contributed by atoms with van der Waals surface area (Å²) in [7, 11) is 1.58. The van der Waals surface area contributed by atoms with E-state index in [2.05, 4.69) is 22.5 Å². The second kappa shape index (κ2) is 9.16. The number of aromatic nitrogens is 2. The third-order valence-electron chi connectivity index (χ3n) is 6.85. The molecule has 2 aromatic carbocycles. The Hall–Kier alpha value is -3.69. The molecule has 5 rings (SSSR count). The quantitative estimate of drug-likeness (QED) is 0.408. The first-order valence-corrected chi connectivity index (χ1v) is 11.8. The Morgan fingerprint density at radius 3 is 2.43 bits per heavy atom. The zero-order valence-corrected chi connectivity index (χ0v) is 19.7. The first-order chi connectivity index (χ1) is 17.0. The van der Waals surface area contributed by atoms with Gasteiger partial charge >= 0.3 is 0 Å². The van der Waals surface area contributed by atoms with Gasteiger partial charge in [0.25, 0.3) is 11.8 Å². The molecule has 1 fully saturated rings. The molecule has 2 heterocycles. The number of carbonyl (C=O) groups is 2. The molecule has 1 saturated carbocycles. The second-order valence-electron chi connectivity index (χ2n) is 8.99. The van der Waals surface area contributed by atoms with Crippen molar-refractivity contribution in [2.75, 3.05) is 31.7 Å². The lowest BCUT2D eigenvalue weighted by Crippen LogP contribution is -2.39. The molecule has 9 nitrogen and oxygen atoms in total. The van der Waals surface area contributed by atoms with Crippen molar-refractivity contribution < 1.29 is 19.4 Å². The number of nitrogens with two attached hydrogens (primary N) is 1. The molecule has 182 valence electrons. The van der Waals surface area contributed by atoms with Crippen LogP contribution in [-0.2, 0) is 12.0 Å². The predicted octanol–water partition coefficient (Wildman–Crippen LogP) is 2.14. The lowest BCUT2D eigenvalue weighted by Gasteiger charge is -2.28. The highest BCUT2D eigenvalue weighted by molar-refractivity contribution is 6.09. The van der Waals surface area contributed by atoms with Gasteiger partial charge in [-0.3, -0.25) is 9.59 Å². The van der Waals surface area contributed by atoms with Crippen LogP contribution in [0.3, 0.4) is 0 Å². The number of aliphatic hydroxyl groups is 1. The van der Waals surface area contributed by atoms with Gasteiger partial charge in [-0.25, -0.2) is 4.68 Å². The van der Waals surface area contributed by atoms with Gasteiger partial charge in [0.05, 0.1) is 12.8 Å². The minimum absolute atomic E-state index is 0.0316. The maximum Gasteiger partial charge on any atom is 0.277 e. The molecule has 2 amide bonds. The summed E-state index contributed by atoms with van der Waals surface area (Å²) in [6.45, 7) is 1.37. The van der Waals surface area contributed by atoms with Crippen LogP contribution in [0.1, 0.15) is 51.4 Å². The summed E-state index contributed by atoms with van der Waals surface area (Å²) in [6, 6.07) is 15.2. The smallest absolute Gasteiger partial charge is 0.277 e. The maximum absolute atomic E-state index is 13.7. The first-order valence-electron chi connectivity index (χ1n) is 11.8. The molecule has 2 aliphatic rings. The molecule has 0 radical (unpaired) electrons. The third kappa shape index (κ3) is 4.17. The summed E-state index contributed by atoms with van der Waals surface area (Å²) in [6.07, 6.45) is 3.31. The predicted molar refractivity (Wildman–Crippen MR) is 131 cm³/mol. The van der Waals surface area contributed by atoms with Crippen LogP contribution < -0.4 is 20.7 Å². The summed E-state index contributed by atoms with van der Waals surface area (Å²) < 4.78 is 6.73. The van der Waals surface area contributed by atoms with Crippen LogP contribution in [0.15, 0.2) is 48.5 Å². The van der Waals surface area contributed by atoms with Gasteiger partial charge in [-0.05, 0) is 74.2 Å². The van der Waals surface area contributed by atoms with Crippen LogP contribution in [-0.4, -0.2) is 53.5 Å². The highest BCUT2D eigenvalue weighted by Gasteiger charge is 2.43. The summed E-state index contributed by atoms with van der Waals surface area (Å²) in [5, 5.41) is 17.0. The van der Waals surface area contributed by atoms with Crippen LogP contribution in [0.4, 0.5) is 5.69 Å². The van der Waals surface area contributed by atoms with Crippen LogP contribution >= 0.6 is 0 Å². The number of nitrogens with zero attached hydrogens (tertiary/aromatic N) is 3. The molecule has 35 heavy (non-hydrogen) atoms. The number of rotatable bonds is 9. The Labute approximate surface area is 203 Å². The van der Waals surface area contributed by atoms with E-state index in [-0.39, 0.29) is 23.7 Å². The van der Waals surface area contributed by atoms with Gasteiger partial charge in [0, 0.05) is 29.9 Å². The lowest BCUT2D eigenvalue weighted by atomic mass is 10.0. The van der Waals surface area contributed by atoms with Gasteiger partial charge in [0.2, 0.25) is 0 Å². The van der Waals surface area contributed by atoms with Crippen molar-refractivity contribution in [2.45, 2.75) is 31.2 Å². The average molecular weight is 476 g/mol. The van der Waals surface area contributed by atoms with Crippen molar-refractivity contribution in [3.63, 3.8) is 0 Å². The molecule has 1 aliphatic heterocycles. The van der Waals surface area contributed by atoms with Crippen molar-refractivity contribution >= 4 is 17.5 Å². The Kier molecular flexibility index (Phi) is 6.04. The fourth-order valence-corrected chi connectivity index (χ4v) is 4.77. The summed E-state index contributed by atoms with van der Waals surface area (Å²) in [5.41, 5.74) is 9.24. The normalized spacial score (nSPS) is 16.2. The highest BCUT2D eigenvalue weighted by Crippen LogP contribution is 2.46. The molecular weight excluding hydrogens is 446 g/mol. The Morgan fingerprint density at radius 1 is 1.14 bits per heavy atom. The minimum Gasteiger partial charge on any atom is -0.497 e. The van der Waals surface area contributed by atoms with Crippen LogP contribution in [0.5, 0.6) is 5.75 Å². The standard InChI is InChI=1S/C26H29N5O4/c1-35-20-9-7-19(8-10-20)31-23-21(22(29-31)24(27)33)11-15-30(25(23)34)18-5-3-17(4-6-18)26(12-13-26)28-14-2-16-32/h3-10,28,32H,2,11-16H2,1H3,(H2,27,33). The molecule has 0 atom stereocenters. The van der Waals surface area contributed by atoms with E-state index in [1.165, 1.54) is 10.2 Å². The third-order valence-corrected chi connectivity index (χ3v) is 6.85. The van der Waals surface area contributed by atoms with Crippen molar-refractivity contribution in [1.82, 2.24) is 15.1 Å². The molecule has 0 unspecified atom stereocenters. The number of aliphatic hydroxyl groups excluding tert-OH is 1. The number of nitrogens with one attached hydrogen (secondary N) is 1. The number of anilines is 1. The van der Waals surface area contributed by atoms with Gasteiger partial charge in [-0.15, -0.1) is 0 Å². The van der Waals surface area contributed by atoms with E-state index in [9.17, 15) is 9.59 Å². The van der Waals surface area contributed by atoms with Crippen LogP contribution in [0.25, 0.3) is 5.69 Å². The van der Waals surface area contributed by atoms with E-state index < -0.39 is 5.91 Å². The number of amides is 2. The monoisotopic (exact) mass is 475 g/mol. The molecule has 3 aromatic rings. The van der Waals surface area contributed by atoms with Crippen molar-refractivity contribution in [3.8, 4) is 11.4 Å². The van der Waals surface area contributed by atoms with E-state index in [1.807, 2.05) is 12.1 Å². The zero-order chi connectivity index (χ0) is 24.6. The molecule has 0 saturated heterocycles. The van der Waals surface area contributed by atoms with E-state index >= 15 is 0 Å². The van der Waals surface area contributed by atoms with Crippen molar-refractivity contribution in [1.29, 1.82) is 0 Å². The van der Waals surface area contributed by atoms with Crippen molar-refractivity contribution in [2.24, 2.45) is 5.73 Å².